The van der Waals surface area contributed by atoms with Gasteiger partial charge in [0.15, 0.2) is 0 Å². The number of rotatable bonds is 4. The molecule has 3 N–H and O–H groups in total. The fraction of sp³-hybridized carbons (Fsp3) is 0.0667. The van der Waals surface area contributed by atoms with E-state index in [1.807, 2.05) is 36.4 Å². The number of carbonyl (C=O) groups is 1. The van der Waals surface area contributed by atoms with Crippen LogP contribution in [0.2, 0.25) is 0 Å². The summed E-state index contributed by atoms with van der Waals surface area (Å²) in [5.41, 5.74) is 7.38. The lowest BCUT2D eigenvalue weighted by Crippen LogP contribution is -2.09. The number of nitrogens with one attached hydrogen (secondary N) is 1. The lowest BCUT2D eigenvalue weighted by Gasteiger charge is -2.02. The van der Waals surface area contributed by atoms with E-state index in [0.29, 0.717) is 12.4 Å². The maximum Gasteiger partial charge on any atom is 0.249 e. The first kappa shape index (κ1) is 13.0. The third kappa shape index (κ3) is 4.04. The quantitative estimate of drug-likeness (QED) is 0.821. The topological polar surface area (TPSA) is 68.0 Å². The molecule has 0 saturated carbocycles. The van der Waals surface area contributed by atoms with E-state index in [9.17, 15) is 4.79 Å². The Morgan fingerprint density at radius 2 is 2.00 bits per heavy atom. The van der Waals surface area contributed by atoms with Crippen molar-refractivity contribution in [2.75, 3.05) is 5.32 Å². The summed E-state index contributed by atoms with van der Waals surface area (Å²) < 4.78 is 0. The van der Waals surface area contributed by atoms with Crippen LogP contribution in [0.3, 0.4) is 0 Å². The molecule has 1 aromatic heterocycles. The third-order valence-electron chi connectivity index (χ3n) is 2.54. The molecule has 0 aliphatic carbocycles. The summed E-state index contributed by atoms with van der Waals surface area (Å²) in [5.74, 6) is 0.303. The van der Waals surface area contributed by atoms with Gasteiger partial charge >= 0.3 is 0 Å². The van der Waals surface area contributed by atoms with Crippen molar-refractivity contribution >= 4 is 17.8 Å². The van der Waals surface area contributed by atoms with Crippen molar-refractivity contribution < 1.29 is 4.79 Å². The first-order valence-electron chi connectivity index (χ1n) is 5.97. The molecule has 0 saturated heterocycles. The fourth-order valence-electron chi connectivity index (χ4n) is 1.52. The van der Waals surface area contributed by atoms with Gasteiger partial charge in [0, 0.05) is 18.8 Å². The van der Waals surface area contributed by atoms with E-state index in [-0.39, 0.29) is 5.91 Å². The molecule has 0 atom stereocenters. The van der Waals surface area contributed by atoms with E-state index in [4.69, 9.17) is 5.73 Å². The molecule has 4 heteroatoms. The van der Waals surface area contributed by atoms with Gasteiger partial charge < -0.3 is 11.1 Å². The molecule has 0 spiro atoms. The summed E-state index contributed by atoms with van der Waals surface area (Å²) in [5, 5.41) is 2.69. The van der Waals surface area contributed by atoms with E-state index in [0.717, 1.165) is 11.1 Å². The maximum absolute atomic E-state index is 11.7. The van der Waals surface area contributed by atoms with Gasteiger partial charge in [-0.25, -0.2) is 4.98 Å². The molecule has 0 bridgehead atoms. The van der Waals surface area contributed by atoms with Crippen molar-refractivity contribution in [2.45, 2.75) is 6.54 Å². The second-order valence-electron chi connectivity index (χ2n) is 3.99. The normalized spacial score (nSPS) is 10.6. The molecule has 2 rings (SSSR count). The first-order valence-corrected chi connectivity index (χ1v) is 5.97. The van der Waals surface area contributed by atoms with Crippen LogP contribution in [0.1, 0.15) is 11.1 Å². The number of aromatic nitrogens is 1. The Morgan fingerprint density at radius 3 is 2.63 bits per heavy atom. The molecule has 96 valence electrons. The van der Waals surface area contributed by atoms with Crippen molar-refractivity contribution in [2.24, 2.45) is 5.73 Å². The number of benzene rings is 1. The van der Waals surface area contributed by atoms with Crippen LogP contribution in [0.4, 0.5) is 5.82 Å². The fourth-order valence-corrected chi connectivity index (χ4v) is 1.52. The van der Waals surface area contributed by atoms with Crippen molar-refractivity contribution in [1.29, 1.82) is 0 Å². The number of pyridine rings is 1. The van der Waals surface area contributed by atoms with Crippen LogP contribution in [-0.2, 0) is 11.3 Å². The molecule has 0 fully saturated rings. The molecule has 1 aromatic carbocycles. The molecule has 2 aromatic rings. The average molecular weight is 253 g/mol. The van der Waals surface area contributed by atoms with Gasteiger partial charge in [0.2, 0.25) is 5.91 Å². The second kappa shape index (κ2) is 6.47. The van der Waals surface area contributed by atoms with Crippen LogP contribution in [0, 0.1) is 0 Å². The average Bonchev–Trinajstić information content (AvgIpc) is 2.47. The van der Waals surface area contributed by atoms with E-state index in [1.165, 1.54) is 6.08 Å². The Balaban J connectivity index is 1.95. The predicted molar refractivity (Wildman–Crippen MR) is 76.2 cm³/mol. The van der Waals surface area contributed by atoms with Crippen molar-refractivity contribution in [3.05, 3.63) is 65.9 Å². The summed E-state index contributed by atoms with van der Waals surface area (Å²) >= 11 is 0. The minimum Gasteiger partial charge on any atom is -0.326 e. The van der Waals surface area contributed by atoms with Crippen molar-refractivity contribution in [1.82, 2.24) is 4.98 Å². The molecule has 4 nitrogen and oxygen atoms in total. The molecule has 19 heavy (non-hydrogen) atoms. The van der Waals surface area contributed by atoms with Gasteiger partial charge in [-0.1, -0.05) is 36.4 Å². The Hall–Kier alpha value is -2.46. The maximum atomic E-state index is 11.7. The molecule has 1 heterocycles. The zero-order valence-corrected chi connectivity index (χ0v) is 10.4. The summed E-state index contributed by atoms with van der Waals surface area (Å²) in [6.07, 6.45) is 4.88. The first-order chi connectivity index (χ1) is 9.28. The molecule has 0 radical (unpaired) electrons. The van der Waals surface area contributed by atoms with Gasteiger partial charge in [-0.2, -0.15) is 0 Å². The standard InChI is InChI=1S/C15H15N3O/c16-10-13-6-8-14(17-11-13)18-15(19)9-7-12-4-2-1-3-5-12/h1-9,11H,10,16H2,(H,17,18,19)/b9-7+. The van der Waals surface area contributed by atoms with Gasteiger partial charge in [0.1, 0.15) is 5.82 Å². The van der Waals surface area contributed by atoms with E-state index in [1.54, 1.807) is 18.3 Å². The third-order valence-corrected chi connectivity index (χ3v) is 2.54. The number of hydrogen-bond donors (Lipinski definition) is 2. The summed E-state index contributed by atoms with van der Waals surface area (Å²) in [4.78, 5) is 15.8. The Morgan fingerprint density at radius 1 is 1.21 bits per heavy atom. The molecule has 0 aliphatic rings. The Labute approximate surface area is 112 Å². The molecule has 1 amide bonds. The van der Waals surface area contributed by atoms with Gasteiger partial charge in [-0.05, 0) is 23.3 Å². The van der Waals surface area contributed by atoms with Crippen molar-refractivity contribution in [3.63, 3.8) is 0 Å². The predicted octanol–water partition coefficient (Wildman–Crippen LogP) is 2.19. The van der Waals surface area contributed by atoms with Crippen LogP contribution < -0.4 is 11.1 Å². The SMILES string of the molecule is NCc1ccc(NC(=O)/C=C/c2ccccc2)nc1. The van der Waals surface area contributed by atoms with Gasteiger partial charge in [-0.3, -0.25) is 4.79 Å². The second-order valence-corrected chi connectivity index (χ2v) is 3.99. The van der Waals surface area contributed by atoms with E-state index >= 15 is 0 Å². The highest BCUT2D eigenvalue weighted by atomic mass is 16.1. The van der Waals surface area contributed by atoms with Crippen LogP contribution in [-0.4, -0.2) is 10.9 Å². The monoisotopic (exact) mass is 253 g/mol. The smallest absolute Gasteiger partial charge is 0.249 e. The van der Waals surface area contributed by atoms with Gasteiger partial charge in [-0.15, -0.1) is 0 Å². The highest BCUT2D eigenvalue weighted by Gasteiger charge is 1.99. The van der Waals surface area contributed by atoms with Gasteiger partial charge in [0.05, 0.1) is 0 Å². The largest absolute Gasteiger partial charge is 0.326 e. The Bertz CT molecular complexity index is 562. The lowest BCUT2D eigenvalue weighted by atomic mass is 10.2. The van der Waals surface area contributed by atoms with E-state index < -0.39 is 0 Å². The number of amides is 1. The highest BCUT2D eigenvalue weighted by molar-refractivity contribution is 6.01. The molecule has 0 unspecified atom stereocenters. The number of hydrogen-bond acceptors (Lipinski definition) is 3. The molecular formula is C15H15N3O. The minimum atomic E-state index is -0.211. The highest BCUT2D eigenvalue weighted by Crippen LogP contribution is 2.05. The molecular weight excluding hydrogens is 238 g/mol. The van der Waals surface area contributed by atoms with Crippen LogP contribution >= 0.6 is 0 Å². The number of anilines is 1. The number of nitrogens with zero attached hydrogens (tertiary/aromatic N) is 1. The zero-order chi connectivity index (χ0) is 13.5. The lowest BCUT2D eigenvalue weighted by molar-refractivity contribution is -0.111. The number of nitrogens with two attached hydrogens (primary N) is 1. The van der Waals surface area contributed by atoms with Gasteiger partial charge in [0.25, 0.3) is 0 Å². The van der Waals surface area contributed by atoms with Crippen LogP contribution in [0.15, 0.2) is 54.7 Å². The van der Waals surface area contributed by atoms with Crippen molar-refractivity contribution in [3.8, 4) is 0 Å². The zero-order valence-electron chi connectivity index (χ0n) is 10.4. The van der Waals surface area contributed by atoms with E-state index in [2.05, 4.69) is 10.3 Å². The summed E-state index contributed by atoms with van der Waals surface area (Å²) in [6.45, 7) is 0.440. The summed E-state index contributed by atoms with van der Waals surface area (Å²) in [7, 11) is 0. The summed E-state index contributed by atoms with van der Waals surface area (Å²) in [6, 6.07) is 13.2. The van der Waals surface area contributed by atoms with Crippen LogP contribution in [0.25, 0.3) is 6.08 Å². The van der Waals surface area contributed by atoms with Crippen LogP contribution in [0.5, 0.6) is 0 Å². The molecule has 0 aliphatic heterocycles. The minimum absolute atomic E-state index is 0.211. The number of carbonyl (C=O) groups excluding carboxylic acids is 1. The Kier molecular flexibility index (Phi) is 4.42.